The van der Waals surface area contributed by atoms with Crippen LogP contribution in [0.25, 0.3) is 0 Å². The van der Waals surface area contributed by atoms with E-state index in [1.54, 1.807) is 6.07 Å². The molecule has 0 aliphatic carbocycles. The molecule has 0 aliphatic heterocycles. The Labute approximate surface area is 109 Å². The van der Waals surface area contributed by atoms with Gasteiger partial charge in [-0.05, 0) is 18.6 Å². The average Bonchev–Trinajstić information content (AvgIpc) is 2.35. The second kappa shape index (κ2) is 6.47. The number of rotatable bonds is 7. The molecule has 1 aromatic carbocycles. The number of hydrogen-bond donors (Lipinski definition) is 3. The summed E-state index contributed by atoms with van der Waals surface area (Å²) in [5.41, 5.74) is 0. The van der Waals surface area contributed by atoms with Gasteiger partial charge in [0.05, 0.1) is 5.30 Å². The van der Waals surface area contributed by atoms with Gasteiger partial charge in [-0.3, -0.25) is 13.9 Å². The van der Waals surface area contributed by atoms with Crippen molar-refractivity contribution in [2.75, 3.05) is 0 Å². The highest BCUT2D eigenvalue weighted by Crippen LogP contribution is 2.42. The second-order valence-electron chi connectivity index (χ2n) is 3.72. The molecule has 1 rings (SSSR count). The highest BCUT2D eigenvalue weighted by atomic mass is 31.2. The molecule has 8 heteroatoms. The third-order valence-corrected chi connectivity index (χ3v) is 3.74. The number of hydrogen-bond acceptors (Lipinski definition) is 4. The van der Waals surface area contributed by atoms with Crippen LogP contribution < -0.4 is 5.30 Å². The standard InChI is InChI=1S/C11H13O7P/c12-10(13)7-6-9(11(14)15)18-19(16,17)8-4-2-1-3-5-8/h1-5,9H,6-7H2,(H,12,13)(H,14,15)(H,16,17). The van der Waals surface area contributed by atoms with Crippen LogP contribution in [0.4, 0.5) is 0 Å². The lowest BCUT2D eigenvalue weighted by Gasteiger charge is -2.17. The molecular formula is C11H13O7P. The molecule has 19 heavy (non-hydrogen) atoms. The van der Waals surface area contributed by atoms with Gasteiger partial charge in [0.2, 0.25) is 0 Å². The zero-order chi connectivity index (χ0) is 14.5. The molecule has 0 aromatic heterocycles. The van der Waals surface area contributed by atoms with Crippen LogP contribution in [-0.2, 0) is 18.7 Å². The lowest BCUT2D eigenvalue weighted by molar-refractivity contribution is -0.146. The highest BCUT2D eigenvalue weighted by Gasteiger charge is 2.31. The van der Waals surface area contributed by atoms with E-state index in [1.165, 1.54) is 24.3 Å². The maximum absolute atomic E-state index is 11.9. The second-order valence-corrected chi connectivity index (χ2v) is 5.49. The summed E-state index contributed by atoms with van der Waals surface area (Å²) in [7, 11) is -4.29. The SMILES string of the molecule is O=C(O)CCC(OP(=O)(O)c1ccccc1)C(=O)O. The maximum atomic E-state index is 11.9. The van der Waals surface area contributed by atoms with Crippen LogP contribution in [0.1, 0.15) is 12.8 Å². The van der Waals surface area contributed by atoms with Gasteiger partial charge in [0.1, 0.15) is 0 Å². The minimum Gasteiger partial charge on any atom is -0.481 e. The molecule has 0 saturated heterocycles. The van der Waals surface area contributed by atoms with E-state index < -0.39 is 32.1 Å². The summed E-state index contributed by atoms with van der Waals surface area (Å²) in [5, 5.41) is 17.3. The Morgan fingerprint density at radius 3 is 2.26 bits per heavy atom. The lowest BCUT2D eigenvalue weighted by atomic mass is 10.2. The monoisotopic (exact) mass is 288 g/mol. The molecule has 0 aliphatic rings. The van der Waals surface area contributed by atoms with E-state index in [-0.39, 0.29) is 11.7 Å². The van der Waals surface area contributed by atoms with Gasteiger partial charge < -0.3 is 15.1 Å². The van der Waals surface area contributed by atoms with Crippen molar-refractivity contribution in [3.05, 3.63) is 30.3 Å². The van der Waals surface area contributed by atoms with Crippen LogP contribution in [0, 0.1) is 0 Å². The Hall–Kier alpha value is -1.69. The quantitative estimate of drug-likeness (QED) is 0.635. The van der Waals surface area contributed by atoms with Crippen molar-refractivity contribution < 1.29 is 33.8 Å². The first-order chi connectivity index (χ1) is 8.83. The Kier molecular flexibility index (Phi) is 5.23. The fraction of sp³-hybridized carbons (Fsp3) is 0.273. The first-order valence-corrected chi connectivity index (χ1v) is 6.92. The molecule has 0 saturated carbocycles. The summed E-state index contributed by atoms with van der Waals surface area (Å²) < 4.78 is 16.6. The summed E-state index contributed by atoms with van der Waals surface area (Å²) in [4.78, 5) is 30.9. The van der Waals surface area contributed by atoms with Crippen molar-refractivity contribution >= 4 is 24.8 Å². The van der Waals surface area contributed by atoms with Crippen LogP contribution in [0.3, 0.4) is 0 Å². The van der Waals surface area contributed by atoms with Crippen LogP contribution in [0.15, 0.2) is 30.3 Å². The molecule has 2 atom stereocenters. The summed E-state index contributed by atoms with van der Waals surface area (Å²) in [6.45, 7) is 0. The fourth-order valence-electron chi connectivity index (χ4n) is 1.33. The number of benzene rings is 1. The van der Waals surface area contributed by atoms with Crippen LogP contribution in [0.2, 0.25) is 0 Å². The molecule has 0 spiro atoms. The smallest absolute Gasteiger partial charge is 0.359 e. The van der Waals surface area contributed by atoms with Crippen LogP contribution in [-0.4, -0.2) is 33.1 Å². The zero-order valence-electron chi connectivity index (χ0n) is 9.80. The van der Waals surface area contributed by atoms with Gasteiger partial charge in [0, 0.05) is 6.42 Å². The predicted octanol–water partition coefficient (Wildman–Crippen LogP) is 0.832. The van der Waals surface area contributed by atoms with Gasteiger partial charge in [-0.1, -0.05) is 18.2 Å². The lowest BCUT2D eigenvalue weighted by Crippen LogP contribution is -2.25. The third-order valence-electron chi connectivity index (χ3n) is 2.25. The molecule has 104 valence electrons. The normalized spacial score (nSPS) is 15.4. The van der Waals surface area contributed by atoms with Gasteiger partial charge in [-0.15, -0.1) is 0 Å². The van der Waals surface area contributed by atoms with Crippen molar-refractivity contribution in [3.8, 4) is 0 Å². The number of carboxylic acid groups (broad SMARTS) is 2. The number of aliphatic carboxylic acids is 2. The Bertz CT molecular complexity index is 499. The predicted molar refractivity (Wildman–Crippen MR) is 65.3 cm³/mol. The number of carbonyl (C=O) groups is 2. The van der Waals surface area contributed by atoms with Crippen molar-refractivity contribution in [2.24, 2.45) is 0 Å². The topological polar surface area (TPSA) is 121 Å². The first kappa shape index (κ1) is 15.4. The van der Waals surface area contributed by atoms with Crippen LogP contribution in [0.5, 0.6) is 0 Å². The Morgan fingerprint density at radius 2 is 1.79 bits per heavy atom. The van der Waals surface area contributed by atoms with E-state index in [1.807, 2.05) is 0 Å². The highest BCUT2D eigenvalue weighted by molar-refractivity contribution is 7.61. The van der Waals surface area contributed by atoms with Gasteiger partial charge >= 0.3 is 19.5 Å². The summed E-state index contributed by atoms with van der Waals surface area (Å²) in [5.74, 6) is -2.69. The first-order valence-electron chi connectivity index (χ1n) is 5.34. The molecule has 2 unspecified atom stereocenters. The van der Waals surface area contributed by atoms with Crippen molar-refractivity contribution in [3.63, 3.8) is 0 Å². The van der Waals surface area contributed by atoms with Crippen molar-refractivity contribution in [2.45, 2.75) is 18.9 Å². The van der Waals surface area contributed by atoms with E-state index in [2.05, 4.69) is 4.52 Å². The fourth-order valence-corrected chi connectivity index (χ4v) is 2.54. The molecule has 0 amide bonds. The Balaban J connectivity index is 2.81. The van der Waals surface area contributed by atoms with E-state index >= 15 is 0 Å². The molecule has 1 aromatic rings. The molecule has 0 bridgehead atoms. The molecule has 0 fully saturated rings. The number of carboxylic acids is 2. The van der Waals surface area contributed by atoms with E-state index in [9.17, 15) is 19.0 Å². The molecule has 0 radical (unpaired) electrons. The Morgan fingerprint density at radius 1 is 1.21 bits per heavy atom. The zero-order valence-corrected chi connectivity index (χ0v) is 10.7. The minimum atomic E-state index is -4.29. The summed E-state index contributed by atoms with van der Waals surface area (Å²) in [6.07, 6.45) is -2.50. The maximum Gasteiger partial charge on any atom is 0.359 e. The van der Waals surface area contributed by atoms with Gasteiger partial charge in [-0.2, -0.15) is 0 Å². The van der Waals surface area contributed by atoms with E-state index in [0.29, 0.717) is 0 Å². The van der Waals surface area contributed by atoms with Gasteiger partial charge in [0.25, 0.3) is 0 Å². The summed E-state index contributed by atoms with van der Waals surface area (Å²) >= 11 is 0. The average molecular weight is 288 g/mol. The molecule has 7 nitrogen and oxygen atoms in total. The van der Waals surface area contributed by atoms with E-state index in [4.69, 9.17) is 10.2 Å². The summed E-state index contributed by atoms with van der Waals surface area (Å²) in [6, 6.07) is 7.31. The molecule has 3 N–H and O–H groups in total. The third kappa shape index (κ3) is 4.82. The van der Waals surface area contributed by atoms with Crippen LogP contribution >= 0.6 is 7.60 Å². The molecular weight excluding hydrogens is 275 g/mol. The van der Waals surface area contributed by atoms with Crippen molar-refractivity contribution in [1.82, 2.24) is 0 Å². The van der Waals surface area contributed by atoms with Gasteiger partial charge in [0.15, 0.2) is 6.10 Å². The minimum absolute atomic E-state index is 0.0448. The van der Waals surface area contributed by atoms with Crippen molar-refractivity contribution in [1.29, 1.82) is 0 Å². The largest absolute Gasteiger partial charge is 0.481 e. The van der Waals surface area contributed by atoms with E-state index in [0.717, 1.165) is 0 Å². The van der Waals surface area contributed by atoms with Gasteiger partial charge in [-0.25, -0.2) is 4.79 Å². The molecule has 0 heterocycles.